The average Bonchev–Trinajstić information content (AvgIpc) is 3.73. The normalized spacial score (nSPS) is 12.7. The Morgan fingerprint density at radius 3 is 2.07 bits per heavy atom. The lowest BCUT2D eigenvalue weighted by molar-refractivity contribution is -0.143. The zero-order valence-electron chi connectivity index (χ0n) is 32.0. The van der Waals surface area contributed by atoms with Crippen molar-refractivity contribution in [1.29, 1.82) is 0 Å². The number of hydrogen-bond acceptors (Lipinski definition) is 8. The quantitative estimate of drug-likeness (QED) is 0.0975. The molecule has 0 saturated carbocycles. The molecule has 1 aliphatic carbocycles. The highest BCUT2D eigenvalue weighted by molar-refractivity contribution is 5.96. The molecule has 0 fully saturated rings. The number of fused-ring (bicyclic) bond motifs is 4. The second-order valence-corrected chi connectivity index (χ2v) is 14.6. The Morgan fingerprint density at radius 1 is 0.768 bits per heavy atom. The Balaban J connectivity index is 1.16. The molecule has 0 radical (unpaired) electrons. The van der Waals surface area contributed by atoms with E-state index >= 15 is 0 Å². The first-order valence-electron chi connectivity index (χ1n) is 18.4. The highest BCUT2D eigenvalue weighted by Gasteiger charge is 2.31. The third-order valence-corrected chi connectivity index (χ3v) is 9.70. The predicted octanol–water partition coefficient (Wildman–Crippen LogP) is 8.80. The number of carbonyl (C=O) groups is 3. The van der Waals surface area contributed by atoms with Crippen molar-refractivity contribution in [1.82, 2.24) is 9.88 Å². The minimum atomic E-state index is -1.11. The van der Waals surface area contributed by atoms with Crippen LogP contribution in [0.25, 0.3) is 27.7 Å². The summed E-state index contributed by atoms with van der Waals surface area (Å²) < 4.78 is 30.3. The molecule has 286 valence electrons. The van der Waals surface area contributed by atoms with Crippen LogP contribution in [0.1, 0.15) is 59.3 Å². The number of carbonyl (C=O) groups excluding carboxylic acids is 3. The summed E-state index contributed by atoms with van der Waals surface area (Å²) in [6, 6.07) is 37.6. The standard InChI is InChI=1S/C46H44N2O8/c1-46(2,3)56-43(49)37-24-30(20-23-41(37)48-40-17-11-6-12-31(40)26-42(48)54-27-29-18-21-32(52-4)22-19-29)25-39(44(50)53-5)47-45(51)55-28-38-35-15-9-7-13-33(35)34-14-8-10-16-36(34)38/h6-24,26,38-39H,25,27-28H2,1-5H3,(H,47,51). The summed E-state index contributed by atoms with van der Waals surface area (Å²) in [4.78, 5) is 40.4. The van der Waals surface area contributed by atoms with Crippen LogP contribution in [0, 0.1) is 0 Å². The van der Waals surface area contributed by atoms with Gasteiger partial charge in [0.25, 0.3) is 0 Å². The van der Waals surface area contributed by atoms with Gasteiger partial charge in [-0.2, -0.15) is 0 Å². The summed E-state index contributed by atoms with van der Waals surface area (Å²) in [5.41, 5.74) is 6.68. The summed E-state index contributed by atoms with van der Waals surface area (Å²) in [6.45, 7) is 5.75. The highest BCUT2D eigenvalue weighted by atomic mass is 16.6. The third-order valence-electron chi connectivity index (χ3n) is 9.70. The van der Waals surface area contributed by atoms with Gasteiger partial charge >= 0.3 is 18.0 Å². The Kier molecular flexibility index (Phi) is 10.8. The smallest absolute Gasteiger partial charge is 0.407 e. The van der Waals surface area contributed by atoms with E-state index in [2.05, 4.69) is 17.4 Å². The Bertz CT molecular complexity index is 2350. The first kappa shape index (κ1) is 37.8. The van der Waals surface area contributed by atoms with Crippen molar-refractivity contribution < 1.29 is 38.1 Å². The first-order chi connectivity index (χ1) is 27.0. The summed E-state index contributed by atoms with van der Waals surface area (Å²) >= 11 is 0. The van der Waals surface area contributed by atoms with Gasteiger partial charge in [-0.1, -0.05) is 84.9 Å². The van der Waals surface area contributed by atoms with E-state index in [-0.39, 0.29) is 31.1 Å². The number of para-hydroxylation sites is 1. The van der Waals surface area contributed by atoms with Gasteiger partial charge in [-0.15, -0.1) is 0 Å². The van der Waals surface area contributed by atoms with Crippen LogP contribution in [0.3, 0.4) is 0 Å². The molecule has 0 spiro atoms. The number of alkyl carbamates (subject to hydrolysis) is 1. The predicted molar refractivity (Wildman–Crippen MR) is 213 cm³/mol. The van der Waals surface area contributed by atoms with Gasteiger partial charge in [-0.25, -0.2) is 14.4 Å². The molecule has 10 heteroatoms. The SMILES string of the molecule is COC(=O)C(Cc1ccc(-n2c(OCc3ccc(OC)cc3)cc3ccccc32)c(C(=O)OC(C)(C)C)c1)NC(=O)OCC1c2ccccc2-c2ccccc21. The van der Waals surface area contributed by atoms with Crippen molar-refractivity contribution in [3.8, 4) is 28.4 Å². The van der Waals surface area contributed by atoms with Crippen LogP contribution in [0.2, 0.25) is 0 Å². The molecule has 5 aromatic carbocycles. The molecule has 1 atom stereocenters. The number of hydrogen-bond donors (Lipinski definition) is 1. The number of methoxy groups -OCH3 is 2. The van der Waals surface area contributed by atoms with Crippen LogP contribution in [-0.2, 0) is 32.0 Å². The Morgan fingerprint density at radius 2 is 1.41 bits per heavy atom. The minimum absolute atomic E-state index is 0.0141. The van der Waals surface area contributed by atoms with Crippen molar-refractivity contribution in [2.24, 2.45) is 0 Å². The van der Waals surface area contributed by atoms with Crippen LogP contribution in [0.4, 0.5) is 4.79 Å². The maximum absolute atomic E-state index is 14.0. The van der Waals surface area contributed by atoms with Gasteiger partial charge in [-0.05, 0) is 84.5 Å². The van der Waals surface area contributed by atoms with E-state index in [1.807, 2.05) is 95.6 Å². The maximum Gasteiger partial charge on any atom is 0.407 e. The second kappa shape index (κ2) is 16.0. The number of rotatable bonds is 12. The molecule has 0 aliphatic heterocycles. The average molecular weight is 753 g/mol. The summed E-state index contributed by atoms with van der Waals surface area (Å²) in [5, 5.41) is 3.62. The van der Waals surface area contributed by atoms with Gasteiger partial charge in [-0.3, -0.25) is 4.57 Å². The lowest BCUT2D eigenvalue weighted by Crippen LogP contribution is -2.43. The number of amides is 1. The van der Waals surface area contributed by atoms with E-state index in [1.54, 1.807) is 46.1 Å². The molecule has 1 aromatic heterocycles. The van der Waals surface area contributed by atoms with Crippen LogP contribution < -0.4 is 14.8 Å². The largest absolute Gasteiger partial charge is 0.497 e. The molecular formula is C46H44N2O8. The van der Waals surface area contributed by atoms with E-state index in [0.717, 1.165) is 44.5 Å². The van der Waals surface area contributed by atoms with E-state index in [0.29, 0.717) is 17.1 Å². The van der Waals surface area contributed by atoms with E-state index < -0.39 is 29.7 Å². The summed E-state index contributed by atoms with van der Waals surface area (Å²) in [6.07, 6.45) is -0.746. The lowest BCUT2D eigenvalue weighted by Gasteiger charge is -2.23. The van der Waals surface area contributed by atoms with E-state index in [1.165, 1.54) is 7.11 Å². The molecule has 0 saturated heterocycles. The number of aromatic nitrogens is 1. The summed E-state index contributed by atoms with van der Waals surface area (Å²) in [5.74, 6) is -0.111. The Hall–Kier alpha value is -6.55. The molecule has 1 aliphatic rings. The number of nitrogens with zero attached hydrogens (tertiary/aromatic N) is 1. The van der Waals surface area contributed by atoms with Gasteiger partial charge in [0.2, 0.25) is 0 Å². The van der Waals surface area contributed by atoms with Crippen LogP contribution in [-0.4, -0.2) is 55.1 Å². The van der Waals surface area contributed by atoms with Gasteiger partial charge in [0.05, 0.1) is 31.0 Å². The number of ether oxygens (including phenoxy) is 5. The van der Waals surface area contributed by atoms with Crippen LogP contribution in [0.5, 0.6) is 11.6 Å². The number of benzene rings is 5. The molecule has 56 heavy (non-hydrogen) atoms. The van der Waals surface area contributed by atoms with Crippen molar-refractivity contribution in [2.45, 2.75) is 51.4 Å². The van der Waals surface area contributed by atoms with E-state index in [4.69, 9.17) is 23.7 Å². The molecule has 1 amide bonds. The number of nitrogens with one attached hydrogen (secondary N) is 1. The molecule has 7 rings (SSSR count). The highest BCUT2D eigenvalue weighted by Crippen LogP contribution is 2.44. The van der Waals surface area contributed by atoms with Gasteiger partial charge in [0, 0.05) is 23.8 Å². The fourth-order valence-electron chi connectivity index (χ4n) is 7.12. The zero-order valence-corrected chi connectivity index (χ0v) is 32.0. The maximum atomic E-state index is 14.0. The van der Waals surface area contributed by atoms with Gasteiger partial charge in [0.1, 0.15) is 30.6 Å². The van der Waals surface area contributed by atoms with E-state index in [9.17, 15) is 14.4 Å². The zero-order chi connectivity index (χ0) is 39.4. The fraction of sp³-hybridized carbons (Fsp3) is 0.239. The van der Waals surface area contributed by atoms with Crippen molar-refractivity contribution in [2.75, 3.05) is 20.8 Å². The lowest BCUT2D eigenvalue weighted by atomic mass is 9.98. The van der Waals surface area contributed by atoms with Crippen molar-refractivity contribution >= 4 is 28.9 Å². The van der Waals surface area contributed by atoms with Gasteiger partial charge in [0.15, 0.2) is 5.88 Å². The fourth-order valence-corrected chi connectivity index (χ4v) is 7.12. The molecule has 1 N–H and O–H groups in total. The van der Waals surface area contributed by atoms with Crippen LogP contribution in [0.15, 0.2) is 121 Å². The Labute approximate surface area is 325 Å². The first-order valence-corrected chi connectivity index (χ1v) is 18.4. The molecule has 6 aromatic rings. The summed E-state index contributed by atoms with van der Waals surface area (Å²) in [7, 11) is 2.88. The minimum Gasteiger partial charge on any atom is -0.497 e. The third kappa shape index (κ3) is 8.10. The molecule has 10 nitrogen and oxygen atoms in total. The second-order valence-electron chi connectivity index (χ2n) is 14.6. The van der Waals surface area contributed by atoms with Gasteiger partial charge < -0.3 is 29.0 Å². The molecule has 1 heterocycles. The van der Waals surface area contributed by atoms with Crippen molar-refractivity contribution in [3.63, 3.8) is 0 Å². The van der Waals surface area contributed by atoms with Crippen molar-refractivity contribution in [3.05, 3.63) is 149 Å². The molecule has 0 bridgehead atoms. The molecule has 1 unspecified atom stereocenters. The number of esters is 2. The van der Waals surface area contributed by atoms with Crippen LogP contribution >= 0.6 is 0 Å². The molecular weight excluding hydrogens is 709 g/mol. The monoisotopic (exact) mass is 752 g/mol. The topological polar surface area (TPSA) is 114 Å².